The van der Waals surface area contributed by atoms with E-state index in [9.17, 15) is 0 Å². The Bertz CT molecular complexity index is 495. The van der Waals surface area contributed by atoms with Crippen molar-refractivity contribution in [2.45, 2.75) is 25.8 Å². The molecule has 1 atom stereocenters. The van der Waals surface area contributed by atoms with Crippen LogP contribution in [0, 0.1) is 0 Å². The molecule has 0 fully saturated rings. The summed E-state index contributed by atoms with van der Waals surface area (Å²) in [6.45, 7) is 2.17. The van der Waals surface area contributed by atoms with Gasteiger partial charge in [-0.3, -0.25) is 4.99 Å². The average molecular weight is 310 g/mol. The van der Waals surface area contributed by atoms with Crippen molar-refractivity contribution in [1.82, 2.24) is 0 Å². The zero-order valence-electron chi connectivity index (χ0n) is 12.9. The van der Waals surface area contributed by atoms with Crippen LogP contribution in [0.4, 0.5) is 5.69 Å². The van der Waals surface area contributed by atoms with Crippen LogP contribution in [0.5, 0.6) is 17.2 Å². The van der Waals surface area contributed by atoms with Gasteiger partial charge in [-0.1, -0.05) is 18.7 Å². The van der Waals surface area contributed by atoms with Gasteiger partial charge in [-0.15, -0.1) is 0 Å². The van der Waals surface area contributed by atoms with E-state index in [0.29, 0.717) is 23.3 Å². The Kier molecular flexibility index (Phi) is 5.61. The molecule has 0 amide bonds. The summed E-state index contributed by atoms with van der Waals surface area (Å²) in [7, 11) is 4.82. The number of nitrogens with zero attached hydrogens (tertiary/aromatic N) is 1. The molecule has 5 nitrogen and oxygen atoms in total. The van der Waals surface area contributed by atoms with E-state index in [1.807, 2.05) is 12.1 Å². The molecular weight excluding hydrogens is 288 g/mol. The fraction of sp³-hybridized carbons (Fsp3) is 0.533. The Morgan fingerprint density at radius 3 is 2.38 bits per heavy atom. The molecule has 1 aliphatic heterocycles. The van der Waals surface area contributed by atoms with Crippen LogP contribution in [0.2, 0.25) is 0 Å². The van der Waals surface area contributed by atoms with Crippen molar-refractivity contribution in [2.24, 2.45) is 4.99 Å². The van der Waals surface area contributed by atoms with E-state index in [0.717, 1.165) is 29.4 Å². The van der Waals surface area contributed by atoms with E-state index in [4.69, 9.17) is 19.2 Å². The van der Waals surface area contributed by atoms with Crippen molar-refractivity contribution in [3.8, 4) is 17.2 Å². The van der Waals surface area contributed by atoms with Crippen LogP contribution < -0.4 is 19.5 Å². The lowest BCUT2D eigenvalue weighted by Crippen LogP contribution is -2.19. The molecule has 1 heterocycles. The fourth-order valence-corrected chi connectivity index (χ4v) is 3.20. The second-order valence-electron chi connectivity index (χ2n) is 4.67. The molecule has 6 heteroatoms. The highest BCUT2D eigenvalue weighted by Crippen LogP contribution is 2.40. The van der Waals surface area contributed by atoms with E-state index in [2.05, 4.69) is 12.2 Å². The molecule has 0 bridgehead atoms. The molecule has 0 aliphatic carbocycles. The first-order chi connectivity index (χ1) is 10.2. The summed E-state index contributed by atoms with van der Waals surface area (Å²) >= 11 is 1.74. The molecule has 21 heavy (non-hydrogen) atoms. The monoisotopic (exact) mass is 310 g/mol. The van der Waals surface area contributed by atoms with E-state index < -0.39 is 0 Å². The summed E-state index contributed by atoms with van der Waals surface area (Å²) in [5, 5.41) is 4.29. The zero-order valence-corrected chi connectivity index (χ0v) is 13.8. The predicted molar refractivity (Wildman–Crippen MR) is 88.3 cm³/mol. The number of thioether (sulfide) groups is 1. The number of hydrogen-bond acceptors (Lipinski definition) is 6. The number of rotatable bonds is 5. The Hall–Kier alpha value is -1.56. The second-order valence-corrected chi connectivity index (χ2v) is 5.76. The quantitative estimate of drug-likeness (QED) is 0.903. The highest BCUT2D eigenvalue weighted by molar-refractivity contribution is 8.14. The fourth-order valence-electron chi connectivity index (χ4n) is 2.20. The normalized spacial score (nSPS) is 17.9. The van der Waals surface area contributed by atoms with E-state index in [1.54, 1.807) is 33.1 Å². The summed E-state index contributed by atoms with van der Waals surface area (Å²) < 4.78 is 16.0. The lowest BCUT2D eigenvalue weighted by atomic mass is 10.2. The molecular formula is C15H22N2O3S. The minimum Gasteiger partial charge on any atom is -0.493 e. The van der Waals surface area contributed by atoms with Crippen LogP contribution in [-0.2, 0) is 0 Å². The van der Waals surface area contributed by atoms with Crippen LogP contribution in [-0.4, -0.2) is 38.3 Å². The summed E-state index contributed by atoms with van der Waals surface area (Å²) in [4.78, 5) is 4.70. The lowest BCUT2D eigenvalue weighted by molar-refractivity contribution is 0.324. The molecule has 2 rings (SSSR count). The van der Waals surface area contributed by atoms with Gasteiger partial charge in [0.1, 0.15) is 0 Å². The van der Waals surface area contributed by atoms with Gasteiger partial charge in [0.25, 0.3) is 0 Å². The largest absolute Gasteiger partial charge is 0.493 e. The molecule has 1 aromatic rings. The Balaban J connectivity index is 2.26. The van der Waals surface area contributed by atoms with Gasteiger partial charge >= 0.3 is 0 Å². The van der Waals surface area contributed by atoms with Crippen molar-refractivity contribution in [2.75, 3.05) is 32.4 Å². The first kappa shape index (κ1) is 15.8. The van der Waals surface area contributed by atoms with Gasteiger partial charge in [0.15, 0.2) is 16.7 Å². The van der Waals surface area contributed by atoms with E-state index in [1.165, 1.54) is 0 Å². The maximum Gasteiger partial charge on any atom is 0.203 e. The highest BCUT2D eigenvalue weighted by atomic mass is 32.2. The standard InChI is InChI=1S/C15H22N2O3S/c1-5-10-6-7-21-15(16-10)17-11-8-12(18-2)14(20-4)13(9-11)19-3/h8-10H,5-7H2,1-4H3,(H,16,17). The predicted octanol–water partition coefficient (Wildman–Crippen LogP) is 3.40. The minimum absolute atomic E-state index is 0.413. The third-order valence-electron chi connectivity index (χ3n) is 3.38. The van der Waals surface area contributed by atoms with Gasteiger partial charge in [0.05, 0.1) is 27.4 Å². The smallest absolute Gasteiger partial charge is 0.203 e. The van der Waals surface area contributed by atoms with Gasteiger partial charge in [-0.05, 0) is 12.8 Å². The number of amidine groups is 1. The maximum absolute atomic E-state index is 5.36. The van der Waals surface area contributed by atoms with Crippen LogP contribution in [0.1, 0.15) is 19.8 Å². The van der Waals surface area contributed by atoms with Gasteiger partial charge < -0.3 is 19.5 Å². The number of aliphatic imine (C=N–C) groups is 1. The van der Waals surface area contributed by atoms with Crippen molar-refractivity contribution in [3.05, 3.63) is 12.1 Å². The topological polar surface area (TPSA) is 52.1 Å². The molecule has 1 N–H and O–H groups in total. The van der Waals surface area contributed by atoms with Gasteiger partial charge in [-0.25, -0.2) is 0 Å². The minimum atomic E-state index is 0.413. The number of nitrogens with one attached hydrogen (secondary N) is 1. The third-order valence-corrected chi connectivity index (χ3v) is 4.30. The van der Waals surface area contributed by atoms with Crippen LogP contribution in [0.15, 0.2) is 17.1 Å². The molecule has 0 saturated carbocycles. The van der Waals surface area contributed by atoms with Gasteiger partial charge in [-0.2, -0.15) is 0 Å². The van der Waals surface area contributed by atoms with Crippen molar-refractivity contribution in [3.63, 3.8) is 0 Å². The molecule has 1 aliphatic rings. The summed E-state index contributed by atoms with van der Waals surface area (Å²) in [5.41, 5.74) is 0.882. The first-order valence-corrected chi connectivity index (χ1v) is 7.98. The summed E-state index contributed by atoms with van der Waals surface area (Å²) in [6, 6.07) is 4.19. The van der Waals surface area contributed by atoms with Crippen LogP contribution >= 0.6 is 11.8 Å². The maximum atomic E-state index is 5.36. The Morgan fingerprint density at radius 1 is 1.19 bits per heavy atom. The molecule has 0 aromatic heterocycles. The molecule has 1 aromatic carbocycles. The van der Waals surface area contributed by atoms with Crippen LogP contribution in [0.25, 0.3) is 0 Å². The van der Waals surface area contributed by atoms with Crippen LogP contribution in [0.3, 0.4) is 0 Å². The van der Waals surface area contributed by atoms with Gasteiger partial charge in [0, 0.05) is 23.6 Å². The number of hydrogen-bond donors (Lipinski definition) is 1. The molecule has 0 saturated heterocycles. The molecule has 116 valence electrons. The Labute approximate surface area is 130 Å². The number of ether oxygens (including phenoxy) is 3. The second kappa shape index (κ2) is 7.45. The Morgan fingerprint density at radius 2 is 1.86 bits per heavy atom. The molecule has 0 spiro atoms. The SMILES string of the molecule is CCC1CCSC(Nc2cc(OC)c(OC)c(OC)c2)=N1. The van der Waals surface area contributed by atoms with E-state index >= 15 is 0 Å². The van der Waals surface area contributed by atoms with Crippen molar-refractivity contribution in [1.29, 1.82) is 0 Å². The number of benzene rings is 1. The average Bonchev–Trinajstić information content (AvgIpc) is 2.53. The lowest BCUT2D eigenvalue weighted by Gasteiger charge is -2.20. The zero-order chi connectivity index (χ0) is 15.2. The van der Waals surface area contributed by atoms with Gasteiger partial charge in [0.2, 0.25) is 5.75 Å². The summed E-state index contributed by atoms with van der Waals surface area (Å²) in [6.07, 6.45) is 2.21. The highest BCUT2D eigenvalue weighted by Gasteiger charge is 2.17. The first-order valence-electron chi connectivity index (χ1n) is 6.99. The third kappa shape index (κ3) is 3.75. The van der Waals surface area contributed by atoms with Crippen molar-refractivity contribution >= 4 is 22.6 Å². The van der Waals surface area contributed by atoms with Crippen molar-refractivity contribution < 1.29 is 14.2 Å². The van der Waals surface area contributed by atoms with E-state index in [-0.39, 0.29) is 0 Å². The number of anilines is 1. The molecule has 0 radical (unpaired) electrons. The summed E-state index contributed by atoms with van der Waals surface area (Å²) in [5.74, 6) is 2.95. The molecule has 1 unspecified atom stereocenters. The number of methoxy groups -OCH3 is 3.